The molecule has 1 N–H and O–H groups in total. The summed E-state index contributed by atoms with van der Waals surface area (Å²) in [5.74, 6) is 1.57. The summed E-state index contributed by atoms with van der Waals surface area (Å²) < 4.78 is 5.30. The molecule has 0 spiro atoms. The van der Waals surface area contributed by atoms with E-state index in [4.69, 9.17) is 4.74 Å². The molecular formula is C17H19NO2. The highest BCUT2D eigenvalue weighted by atomic mass is 16.5. The van der Waals surface area contributed by atoms with Gasteiger partial charge in [0.05, 0.1) is 12.8 Å². The smallest absolute Gasteiger partial charge is 0.221 e. The summed E-state index contributed by atoms with van der Waals surface area (Å²) in [7, 11) is 1.66. The lowest BCUT2D eigenvalue weighted by atomic mass is 9.99. The van der Waals surface area contributed by atoms with Crippen LogP contribution in [-0.2, 0) is 11.2 Å². The number of anilines is 1. The first kappa shape index (κ1) is 13.0. The maximum Gasteiger partial charge on any atom is 0.221 e. The largest absolute Gasteiger partial charge is 0.497 e. The predicted molar refractivity (Wildman–Crippen MR) is 81.2 cm³/mol. The number of amides is 1. The Kier molecular flexibility index (Phi) is 3.35. The molecule has 0 aliphatic heterocycles. The van der Waals surface area contributed by atoms with Gasteiger partial charge in [-0.15, -0.1) is 0 Å². The second-order valence-corrected chi connectivity index (χ2v) is 5.52. The van der Waals surface area contributed by atoms with Crippen LogP contribution in [0.1, 0.15) is 25.3 Å². The SMILES string of the molecule is COc1ccc2ccc(CC3CC3)c(NC(C)=O)c2c1. The lowest BCUT2D eigenvalue weighted by molar-refractivity contribution is -0.114. The minimum atomic E-state index is -0.0302. The number of ether oxygens (including phenoxy) is 1. The molecule has 1 aliphatic rings. The highest BCUT2D eigenvalue weighted by Crippen LogP contribution is 2.37. The number of carbonyl (C=O) groups excluding carboxylic acids is 1. The topological polar surface area (TPSA) is 38.3 Å². The first-order valence-electron chi connectivity index (χ1n) is 7.04. The van der Waals surface area contributed by atoms with Crippen LogP contribution in [0.5, 0.6) is 5.75 Å². The van der Waals surface area contributed by atoms with E-state index in [2.05, 4.69) is 17.4 Å². The summed E-state index contributed by atoms with van der Waals surface area (Å²) >= 11 is 0. The van der Waals surface area contributed by atoms with Crippen LogP contribution in [0.2, 0.25) is 0 Å². The molecule has 0 heterocycles. The quantitative estimate of drug-likeness (QED) is 0.917. The van der Waals surface area contributed by atoms with Crippen molar-refractivity contribution in [3.8, 4) is 5.75 Å². The summed E-state index contributed by atoms with van der Waals surface area (Å²) in [5.41, 5.74) is 2.17. The van der Waals surface area contributed by atoms with Crippen molar-refractivity contribution in [1.82, 2.24) is 0 Å². The lowest BCUT2D eigenvalue weighted by Gasteiger charge is -2.14. The minimum Gasteiger partial charge on any atom is -0.497 e. The van der Waals surface area contributed by atoms with Crippen LogP contribution in [0.15, 0.2) is 30.3 Å². The van der Waals surface area contributed by atoms with Gasteiger partial charge in [-0.05, 0) is 48.3 Å². The Morgan fingerprint density at radius 2 is 2.05 bits per heavy atom. The molecule has 3 rings (SSSR count). The van der Waals surface area contributed by atoms with Crippen LogP contribution in [-0.4, -0.2) is 13.0 Å². The van der Waals surface area contributed by atoms with Crippen LogP contribution in [0.3, 0.4) is 0 Å². The van der Waals surface area contributed by atoms with Crippen molar-refractivity contribution in [3.63, 3.8) is 0 Å². The Labute approximate surface area is 118 Å². The van der Waals surface area contributed by atoms with Gasteiger partial charge in [-0.2, -0.15) is 0 Å². The third-order valence-electron chi connectivity index (χ3n) is 3.82. The zero-order valence-electron chi connectivity index (χ0n) is 11.9. The van der Waals surface area contributed by atoms with Crippen molar-refractivity contribution in [2.24, 2.45) is 5.92 Å². The Morgan fingerprint density at radius 3 is 2.70 bits per heavy atom. The molecule has 3 heteroatoms. The van der Waals surface area contributed by atoms with Crippen molar-refractivity contribution in [2.45, 2.75) is 26.2 Å². The van der Waals surface area contributed by atoms with Crippen molar-refractivity contribution in [2.75, 3.05) is 12.4 Å². The predicted octanol–water partition coefficient (Wildman–Crippen LogP) is 3.76. The average Bonchev–Trinajstić information content (AvgIpc) is 3.24. The first-order valence-corrected chi connectivity index (χ1v) is 7.04. The molecule has 104 valence electrons. The number of benzene rings is 2. The molecule has 0 atom stereocenters. The van der Waals surface area contributed by atoms with Crippen LogP contribution < -0.4 is 10.1 Å². The van der Waals surface area contributed by atoms with Gasteiger partial charge in [0.15, 0.2) is 0 Å². The van der Waals surface area contributed by atoms with E-state index in [-0.39, 0.29) is 5.91 Å². The molecule has 0 radical (unpaired) electrons. The molecule has 1 amide bonds. The summed E-state index contributed by atoms with van der Waals surface area (Å²) in [6.45, 7) is 1.56. The molecule has 0 unspecified atom stereocenters. The summed E-state index contributed by atoms with van der Waals surface area (Å²) in [4.78, 5) is 11.5. The van der Waals surface area contributed by atoms with Crippen LogP contribution >= 0.6 is 0 Å². The Morgan fingerprint density at radius 1 is 1.30 bits per heavy atom. The first-order chi connectivity index (χ1) is 9.67. The number of rotatable bonds is 4. The standard InChI is InChI=1S/C17H19NO2/c1-11(19)18-17-14(9-12-3-4-12)6-5-13-7-8-15(20-2)10-16(13)17/h5-8,10,12H,3-4,9H2,1-2H3,(H,18,19). The van der Waals surface area contributed by atoms with Crippen molar-refractivity contribution < 1.29 is 9.53 Å². The summed E-state index contributed by atoms with van der Waals surface area (Å²) in [5, 5.41) is 5.18. The summed E-state index contributed by atoms with van der Waals surface area (Å²) in [6, 6.07) is 10.2. The molecule has 2 aromatic carbocycles. The fourth-order valence-corrected chi connectivity index (χ4v) is 2.60. The second kappa shape index (κ2) is 5.16. The molecule has 0 aromatic heterocycles. The number of fused-ring (bicyclic) bond motifs is 1. The highest BCUT2D eigenvalue weighted by molar-refractivity contribution is 6.03. The normalized spacial score (nSPS) is 14.3. The van der Waals surface area contributed by atoms with E-state index in [1.54, 1.807) is 14.0 Å². The third-order valence-corrected chi connectivity index (χ3v) is 3.82. The van der Waals surface area contributed by atoms with E-state index in [0.29, 0.717) is 0 Å². The Hall–Kier alpha value is -2.03. The molecule has 1 saturated carbocycles. The Bertz CT molecular complexity index is 659. The van der Waals surface area contributed by atoms with Crippen molar-refractivity contribution in [3.05, 3.63) is 35.9 Å². The zero-order chi connectivity index (χ0) is 14.1. The van der Waals surface area contributed by atoms with Crippen molar-refractivity contribution >= 4 is 22.4 Å². The van der Waals surface area contributed by atoms with Gasteiger partial charge < -0.3 is 10.1 Å². The minimum absolute atomic E-state index is 0.0302. The van der Waals surface area contributed by atoms with Gasteiger partial charge in [0.1, 0.15) is 5.75 Å². The van der Waals surface area contributed by atoms with Gasteiger partial charge in [0.25, 0.3) is 0 Å². The zero-order valence-corrected chi connectivity index (χ0v) is 11.9. The van der Waals surface area contributed by atoms with Gasteiger partial charge in [0, 0.05) is 12.3 Å². The number of methoxy groups -OCH3 is 1. The molecule has 3 nitrogen and oxygen atoms in total. The molecule has 0 bridgehead atoms. The molecule has 2 aromatic rings. The van der Waals surface area contributed by atoms with Gasteiger partial charge >= 0.3 is 0 Å². The van der Waals surface area contributed by atoms with Crippen molar-refractivity contribution in [1.29, 1.82) is 0 Å². The molecule has 1 fully saturated rings. The summed E-state index contributed by atoms with van der Waals surface area (Å²) in [6.07, 6.45) is 3.65. The monoisotopic (exact) mass is 269 g/mol. The maximum absolute atomic E-state index is 11.5. The van der Waals surface area contributed by atoms with E-state index in [9.17, 15) is 4.79 Å². The van der Waals surface area contributed by atoms with Gasteiger partial charge in [-0.25, -0.2) is 0 Å². The molecule has 20 heavy (non-hydrogen) atoms. The van der Waals surface area contributed by atoms with Gasteiger partial charge in [-0.1, -0.05) is 18.2 Å². The van der Waals surface area contributed by atoms with Crippen LogP contribution in [0, 0.1) is 5.92 Å². The molecular weight excluding hydrogens is 250 g/mol. The van der Waals surface area contributed by atoms with E-state index in [0.717, 1.165) is 34.5 Å². The Balaban J connectivity index is 2.13. The molecule has 1 aliphatic carbocycles. The van der Waals surface area contributed by atoms with Gasteiger partial charge in [0.2, 0.25) is 5.91 Å². The van der Waals surface area contributed by atoms with E-state index < -0.39 is 0 Å². The average molecular weight is 269 g/mol. The van der Waals surface area contributed by atoms with Crippen LogP contribution in [0.4, 0.5) is 5.69 Å². The lowest BCUT2D eigenvalue weighted by Crippen LogP contribution is -2.09. The maximum atomic E-state index is 11.5. The fourth-order valence-electron chi connectivity index (χ4n) is 2.60. The number of carbonyl (C=O) groups is 1. The fraction of sp³-hybridized carbons (Fsp3) is 0.353. The van der Waals surface area contributed by atoms with E-state index in [1.165, 1.54) is 18.4 Å². The molecule has 0 saturated heterocycles. The highest BCUT2D eigenvalue weighted by Gasteiger charge is 2.23. The number of hydrogen-bond acceptors (Lipinski definition) is 2. The third kappa shape index (κ3) is 2.62. The van der Waals surface area contributed by atoms with E-state index in [1.807, 2.05) is 18.2 Å². The number of hydrogen-bond donors (Lipinski definition) is 1. The van der Waals surface area contributed by atoms with Gasteiger partial charge in [-0.3, -0.25) is 4.79 Å². The van der Waals surface area contributed by atoms with Crippen LogP contribution in [0.25, 0.3) is 10.8 Å². The number of nitrogens with one attached hydrogen (secondary N) is 1. The second-order valence-electron chi connectivity index (χ2n) is 5.52. The van der Waals surface area contributed by atoms with E-state index >= 15 is 0 Å².